The van der Waals surface area contributed by atoms with Crippen molar-refractivity contribution in [1.29, 1.82) is 0 Å². The van der Waals surface area contributed by atoms with Crippen LogP contribution in [0.2, 0.25) is 0 Å². The van der Waals surface area contributed by atoms with E-state index in [1.54, 1.807) is 11.8 Å². The van der Waals surface area contributed by atoms with Crippen molar-refractivity contribution in [2.75, 3.05) is 11.5 Å². The molecule has 1 heterocycles. The van der Waals surface area contributed by atoms with Gasteiger partial charge >= 0.3 is 0 Å². The number of hydrogen-bond acceptors (Lipinski definition) is 2. The SMILES string of the molecule is O=C1CSCC(c2ccccc2)C1. The van der Waals surface area contributed by atoms with E-state index in [2.05, 4.69) is 12.1 Å². The number of ketones is 1. The Morgan fingerprint density at radius 2 is 2.00 bits per heavy atom. The smallest absolute Gasteiger partial charge is 0.143 e. The number of carbonyl (C=O) groups is 1. The van der Waals surface area contributed by atoms with Crippen molar-refractivity contribution in [2.24, 2.45) is 0 Å². The second-order valence-corrected chi connectivity index (χ2v) is 4.40. The van der Waals surface area contributed by atoms with Gasteiger partial charge < -0.3 is 0 Å². The molecule has 1 atom stereocenters. The molecule has 0 spiro atoms. The Kier molecular flexibility index (Phi) is 2.69. The average Bonchev–Trinajstić information content (AvgIpc) is 2.19. The van der Waals surface area contributed by atoms with Gasteiger partial charge in [-0.1, -0.05) is 30.3 Å². The lowest BCUT2D eigenvalue weighted by Crippen LogP contribution is -2.17. The van der Waals surface area contributed by atoms with Gasteiger partial charge in [-0.25, -0.2) is 0 Å². The lowest BCUT2D eigenvalue weighted by atomic mass is 9.96. The number of hydrogen-bond donors (Lipinski definition) is 0. The minimum Gasteiger partial charge on any atom is -0.299 e. The molecule has 0 bridgehead atoms. The molecule has 0 saturated carbocycles. The van der Waals surface area contributed by atoms with Crippen LogP contribution in [0.1, 0.15) is 17.9 Å². The largest absolute Gasteiger partial charge is 0.299 e. The Hall–Kier alpha value is -0.760. The van der Waals surface area contributed by atoms with E-state index in [0.717, 1.165) is 12.2 Å². The minimum atomic E-state index is 0.394. The molecule has 1 unspecified atom stereocenters. The summed E-state index contributed by atoms with van der Waals surface area (Å²) in [6.45, 7) is 0. The van der Waals surface area contributed by atoms with E-state index in [0.29, 0.717) is 17.5 Å². The molecule has 2 heteroatoms. The predicted octanol–water partition coefficient (Wildman–Crippen LogP) is 2.48. The average molecular weight is 192 g/mol. The molecular weight excluding hydrogens is 180 g/mol. The monoisotopic (exact) mass is 192 g/mol. The molecule has 1 fully saturated rings. The zero-order chi connectivity index (χ0) is 9.10. The summed E-state index contributed by atoms with van der Waals surface area (Å²) in [5, 5.41) is 0. The van der Waals surface area contributed by atoms with Gasteiger partial charge in [0.05, 0.1) is 5.75 Å². The molecule has 0 aliphatic carbocycles. The Balaban J connectivity index is 2.13. The quantitative estimate of drug-likeness (QED) is 0.680. The van der Waals surface area contributed by atoms with E-state index in [-0.39, 0.29) is 0 Å². The van der Waals surface area contributed by atoms with Crippen LogP contribution in [0.4, 0.5) is 0 Å². The van der Waals surface area contributed by atoms with E-state index < -0.39 is 0 Å². The third-order valence-electron chi connectivity index (χ3n) is 2.33. The van der Waals surface area contributed by atoms with E-state index >= 15 is 0 Å². The highest BCUT2D eigenvalue weighted by molar-refractivity contribution is 8.00. The summed E-state index contributed by atoms with van der Waals surface area (Å²) < 4.78 is 0. The third-order valence-corrected chi connectivity index (χ3v) is 3.49. The van der Waals surface area contributed by atoms with E-state index in [4.69, 9.17) is 0 Å². The first-order valence-corrected chi connectivity index (χ1v) is 5.66. The zero-order valence-electron chi connectivity index (χ0n) is 7.40. The number of rotatable bonds is 1. The van der Waals surface area contributed by atoms with Crippen LogP contribution in [0.15, 0.2) is 30.3 Å². The first-order chi connectivity index (χ1) is 6.36. The van der Waals surface area contributed by atoms with E-state index in [1.807, 2.05) is 18.2 Å². The van der Waals surface area contributed by atoms with Gasteiger partial charge in [-0.2, -0.15) is 11.8 Å². The maximum absolute atomic E-state index is 11.2. The van der Waals surface area contributed by atoms with Crippen LogP contribution in [0, 0.1) is 0 Å². The summed E-state index contributed by atoms with van der Waals surface area (Å²) in [7, 11) is 0. The van der Waals surface area contributed by atoms with Crippen LogP contribution in [0.5, 0.6) is 0 Å². The van der Waals surface area contributed by atoms with Crippen molar-refractivity contribution in [3.8, 4) is 0 Å². The molecule has 1 aliphatic rings. The summed E-state index contributed by atoms with van der Waals surface area (Å²) in [6.07, 6.45) is 0.733. The topological polar surface area (TPSA) is 17.1 Å². The lowest BCUT2D eigenvalue weighted by Gasteiger charge is -2.20. The Labute approximate surface area is 82.5 Å². The number of benzene rings is 1. The number of Topliss-reactive ketones (excluding diaryl/α,β-unsaturated/α-hetero) is 1. The van der Waals surface area contributed by atoms with Crippen LogP contribution in [-0.4, -0.2) is 17.3 Å². The summed E-state index contributed by atoms with van der Waals surface area (Å²) in [5.41, 5.74) is 1.31. The predicted molar refractivity (Wildman–Crippen MR) is 56.1 cm³/mol. The fraction of sp³-hybridized carbons (Fsp3) is 0.364. The number of thioether (sulfide) groups is 1. The van der Waals surface area contributed by atoms with Crippen molar-refractivity contribution >= 4 is 17.5 Å². The van der Waals surface area contributed by atoms with Crippen LogP contribution >= 0.6 is 11.8 Å². The summed E-state index contributed by atoms with van der Waals surface area (Å²) in [6, 6.07) is 10.3. The maximum Gasteiger partial charge on any atom is 0.143 e. The molecule has 0 N–H and O–H groups in total. The van der Waals surface area contributed by atoms with Crippen molar-refractivity contribution < 1.29 is 4.79 Å². The molecule has 1 saturated heterocycles. The molecule has 1 aromatic rings. The van der Waals surface area contributed by atoms with Crippen molar-refractivity contribution in [2.45, 2.75) is 12.3 Å². The second-order valence-electron chi connectivity index (χ2n) is 3.37. The summed E-state index contributed by atoms with van der Waals surface area (Å²) in [5.74, 6) is 2.65. The van der Waals surface area contributed by atoms with Gasteiger partial charge in [0.15, 0.2) is 0 Å². The van der Waals surface area contributed by atoms with Gasteiger partial charge in [-0.3, -0.25) is 4.79 Å². The standard InChI is InChI=1S/C11H12OS/c12-11-6-10(7-13-8-11)9-4-2-1-3-5-9/h1-5,10H,6-8H2. The molecule has 2 rings (SSSR count). The minimum absolute atomic E-state index is 0.394. The third kappa shape index (κ3) is 2.13. The van der Waals surface area contributed by atoms with Gasteiger partial charge in [-0.05, 0) is 11.5 Å². The second kappa shape index (κ2) is 3.97. The molecule has 68 valence electrons. The highest BCUT2D eigenvalue weighted by Crippen LogP contribution is 2.28. The summed E-state index contributed by atoms with van der Waals surface area (Å²) in [4.78, 5) is 11.2. The van der Waals surface area contributed by atoms with Crippen LogP contribution in [0.3, 0.4) is 0 Å². The highest BCUT2D eigenvalue weighted by atomic mass is 32.2. The number of carbonyl (C=O) groups excluding carboxylic acids is 1. The zero-order valence-corrected chi connectivity index (χ0v) is 8.22. The van der Waals surface area contributed by atoms with E-state index in [1.165, 1.54) is 5.56 Å². The molecule has 1 nitrogen and oxygen atoms in total. The first kappa shape index (κ1) is 8.82. The van der Waals surface area contributed by atoms with Gasteiger partial charge in [0.25, 0.3) is 0 Å². The Morgan fingerprint density at radius 1 is 1.23 bits per heavy atom. The Morgan fingerprint density at radius 3 is 2.69 bits per heavy atom. The first-order valence-electron chi connectivity index (χ1n) is 4.50. The maximum atomic E-state index is 11.2. The fourth-order valence-corrected chi connectivity index (χ4v) is 2.71. The molecule has 0 radical (unpaired) electrons. The van der Waals surface area contributed by atoms with Crippen LogP contribution in [0.25, 0.3) is 0 Å². The van der Waals surface area contributed by atoms with Gasteiger partial charge in [0.2, 0.25) is 0 Å². The van der Waals surface area contributed by atoms with Crippen LogP contribution < -0.4 is 0 Å². The summed E-state index contributed by atoms with van der Waals surface area (Å²) >= 11 is 1.76. The Bertz CT molecular complexity index is 294. The van der Waals surface area contributed by atoms with Gasteiger partial charge in [0, 0.05) is 12.2 Å². The van der Waals surface area contributed by atoms with Gasteiger partial charge in [0.1, 0.15) is 5.78 Å². The van der Waals surface area contributed by atoms with Crippen molar-refractivity contribution in [3.05, 3.63) is 35.9 Å². The van der Waals surface area contributed by atoms with Crippen LogP contribution in [-0.2, 0) is 4.79 Å². The normalized spacial score (nSPS) is 23.1. The van der Waals surface area contributed by atoms with E-state index in [9.17, 15) is 4.79 Å². The molecule has 0 amide bonds. The molecule has 13 heavy (non-hydrogen) atoms. The van der Waals surface area contributed by atoms with Gasteiger partial charge in [-0.15, -0.1) is 0 Å². The fourth-order valence-electron chi connectivity index (χ4n) is 1.65. The molecule has 1 aliphatic heterocycles. The molecular formula is C11H12OS. The molecule has 0 aromatic heterocycles. The van der Waals surface area contributed by atoms with Crippen molar-refractivity contribution in [1.82, 2.24) is 0 Å². The highest BCUT2D eigenvalue weighted by Gasteiger charge is 2.20. The lowest BCUT2D eigenvalue weighted by molar-refractivity contribution is -0.117. The van der Waals surface area contributed by atoms with Crippen molar-refractivity contribution in [3.63, 3.8) is 0 Å². The molecule has 1 aromatic carbocycles.